The Morgan fingerprint density at radius 2 is 1.90 bits per heavy atom. The van der Waals surface area contributed by atoms with Crippen molar-refractivity contribution < 1.29 is 18.6 Å². The van der Waals surface area contributed by atoms with Crippen LogP contribution >= 0.6 is 24.0 Å². The van der Waals surface area contributed by atoms with Crippen molar-refractivity contribution in [3.63, 3.8) is 0 Å². The molecule has 8 nitrogen and oxygen atoms in total. The minimum Gasteiger partial charge on any atom is -0.465 e. The minimum absolute atomic E-state index is 0. The van der Waals surface area contributed by atoms with Crippen molar-refractivity contribution >= 4 is 29.9 Å². The summed E-state index contributed by atoms with van der Waals surface area (Å²) in [4.78, 5) is 6.77. The summed E-state index contributed by atoms with van der Waals surface area (Å²) in [5.41, 5.74) is 0. The van der Waals surface area contributed by atoms with Crippen molar-refractivity contribution in [3.8, 4) is 0 Å². The normalized spacial score (nSPS) is 19.6. The van der Waals surface area contributed by atoms with E-state index in [9.17, 15) is 0 Å². The van der Waals surface area contributed by atoms with Crippen LogP contribution in [-0.4, -0.2) is 83.7 Å². The molecular weight excluding hydrogens is 511 g/mol. The first-order chi connectivity index (χ1) is 14.8. The summed E-state index contributed by atoms with van der Waals surface area (Å²) >= 11 is 0. The Morgan fingerprint density at radius 3 is 2.58 bits per heavy atom. The third kappa shape index (κ3) is 9.25. The second-order valence-corrected chi connectivity index (χ2v) is 7.98. The highest BCUT2D eigenvalue weighted by Crippen LogP contribution is 2.23. The molecule has 0 radical (unpaired) electrons. The molecule has 2 fully saturated rings. The molecule has 178 valence electrons. The molecule has 2 aliphatic heterocycles. The molecule has 0 aliphatic carbocycles. The van der Waals surface area contributed by atoms with Crippen LogP contribution in [0.4, 0.5) is 0 Å². The van der Waals surface area contributed by atoms with E-state index in [1.807, 2.05) is 13.0 Å². The Kier molecular flexibility index (Phi) is 12.8. The lowest BCUT2D eigenvalue weighted by atomic mass is 10.0. The molecule has 1 atom stereocenters. The van der Waals surface area contributed by atoms with Gasteiger partial charge < -0.3 is 29.3 Å². The number of nitrogens with one attached hydrogen (secondary N) is 2. The lowest BCUT2D eigenvalue weighted by Crippen LogP contribution is -2.46. The van der Waals surface area contributed by atoms with Gasteiger partial charge in [-0.3, -0.25) is 9.89 Å². The Morgan fingerprint density at radius 1 is 1.16 bits per heavy atom. The number of ether oxygens (including phenoxy) is 3. The number of nitrogens with zero attached hydrogens (tertiary/aromatic N) is 2. The fourth-order valence-corrected chi connectivity index (χ4v) is 3.89. The van der Waals surface area contributed by atoms with E-state index in [0.717, 1.165) is 103 Å². The number of morpholine rings is 1. The molecule has 3 heterocycles. The van der Waals surface area contributed by atoms with Gasteiger partial charge in [-0.15, -0.1) is 24.0 Å². The van der Waals surface area contributed by atoms with E-state index in [2.05, 4.69) is 26.6 Å². The van der Waals surface area contributed by atoms with Crippen LogP contribution in [-0.2, 0) is 14.2 Å². The van der Waals surface area contributed by atoms with Crippen molar-refractivity contribution in [2.24, 2.45) is 10.9 Å². The molecule has 2 aliphatic rings. The van der Waals surface area contributed by atoms with Crippen LogP contribution in [0.25, 0.3) is 0 Å². The van der Waals surface area contributed by atoms with Crippen LogP contribution in [0, 0.1) is 12.8 Å². The van der Waals surface area contributed by atoms with Gasteiger partial charge in [0.05, 0.1) is 19.3 Å². The highest BCUT2D eigenvalue weighted by Gasteiger charge is 2.25. The second kappa shape index (κ2) is 15.0. The van der Waals surface area contributed by atoms with E-state index in [1.165, 1.54) is 0 Å². The van der Waals surface area contributed by atoms with Crippen LogP contribution in [0.2, 0.25) is 0 Å². The lowest BCUT2D eigenvalue weighted by molar-refractivity contribution is 0.0124. The molecule has 0 saturated carbocycles. The zero-order valence-electron chi connectivity index (χ0n) is 18.9. The summed E-state index contributed by atoms with van der Waals surface area (Å²) in [7, 11) is 1.80. The fraction of sp³-hybridized carbons (Fsp3) is 0.773. The maximum atomic E-state index is 5.93. The predicted octanol–water partition coefficient (Wildman–Crippen LogP) is 2.58. The zero-order valence-corrected chi connectivity index (χ0v) is 21.3. The van der Waals surface area contributed by atoms with Crippen molar-refractivity contribution in [3.05, 3.63) is 23.7 Å². The first-order valence-electron chi connectivity index (χ1n) is 11.2. The Labute approximate surface area is 203 Å². The van der Waals surface area contributed by atoms with E-state index >= 15 is 0 Å². The number of furan rings is 1. The average molecular weight is 550 g/mol. The number of halogens is 1. The molecule has 2 saturated heterocycles. The smallest absolute Gasteiger partial charge is 0.191 e. The number of aliphatic imine (C=N–C) groups is 1. The predicted molar refractivity (Wildman–Crippen MR) is 132 cm³/mol. The van der Waals surface area contributed by atoms with Gasteiger partial charge in [-0.2, -0.15) is 0 Å². The standard InChI is InChI=1S/C22H38N4O4.HI/c1-18-4-5-21(30-18)20(26-9-14-28-15-10-26)16-25-22(23-2)24-8-3-11-29-17-19-6-12-27-13-7-19;/h4-5,19-20H,3,6-17H2,1-2H3,(H2,23,24,25);1H. The van der Waals surface area contributed by atoms with Crippen molar-refractivity contribution in [2.75, 3.05) is 72.9 Å². The molecular formula is C22H39IN4O4. The van der Waals surface area contributed by atoms with Gasteiger partial charge in [0.25, 0.3) is 0 Å². The molecule has 0 bridgehead atoms. The number of rotatable bonds is 10. The van der Waals surface area contributed by atoms with Crippen LogP contribution < -0.4 is 10.6 Å². The van der Waals surface area contributed by atoms with Gasteiger partial charge in [0.1, 0.15) is 11.5 Å². The summed E-state index contributed by atoms with van der Waals surface area (Å²) < 4.78 is 22.7. The fourth-order valence-electron chi connectivity index (χ4n) is 3.89. The van der Waals surface area contributed by atoms with E-state index in [-0.39, 0.29) is 30.0 Å². The van der Waals surface area contributed by atoms with E-state index in [1.54, 1.807) is 7.05 Å². The van der Waals surface area contributed by atoms with Gasteiger partial charge in [-0.1, -0.05) is 0 Å². The van der Waals surface area contributed by atoms with Crippen molar-refractivity contribution in [2.45, 2.75) is 32.2 Å². The second-order valence-electron chi connectivity index (χ2n) is 7.98. The molecule has 0 aromatic carbocycles. The summed E-state index contributed by atoms with van der Waals surface area (Å²) in [6.07, 6.45) is 3.19. The number of hydrogen-bond donors (Lipinski definition) is 2. The average Bonchev–Trinajstić information content (AvgIpc) is 3.22. The summed E-state index contributed by atoms with van der Waals surface area (Å²) in [6, 6.07) is 4.25. The van der Waals surface area contributed by atoms with Gasteiger partial charge in [-0.25, -0.2) is 0 Å². The number of guanidine groups is 1. The van der Waals surface area contributed by atoms with Gasteiger partial charge in [-0.05, 0) is 44.2 Å². The van der Waals surface area contributed by atoms with Gasteiger partial charge in [0.15, 0.2) is 5.96 Å². The monoisotopic (exact) mass is 550 g/mol. The zero-order chi connectivity index (χ0) is 21.0. The number of aryl methyl sites for hydroxylation is 1. The highest BCUT2D eigenvalue weighted by molar-refractivity contribution is 14.0. The van der Waals surface area contributed by atoms with Crippen LogP contribution in [0.15, 0.2) is 21.5 Å². The first-order valence-corrected chi connectivity index (χ1v) is 11.2. The third-order valence-electron chi connectivity index (χ3n) is 5.71. The lowest BCUT2D eigenvalue weighted by Gasteiger charge is -2.33. The number of hydrogen-bond acceptors (Lipinski definition) is 6. The maximum Gasteiger partial charge on any atom is 0.191 e. The minimum atomic E-state index is 0. The molecule has 0 amide bonds. The van der Waals surface area contributed by atoms with Crippen LogP contribution in [0.5, 0.6) is 0 Å². The molecule has 1 aromatic rings. The van der Waals surface area contributed by atoms with E-state index in [4.69, 9.17) is 18.6 Å². The van der Waals surface area contributed by atoms with Crippen LogP contribution in [0.1, 0.15) is 36.8 Å². The van der Waals surface area contributed by atoms with Gasteiger partial charge in [0, 0.05) is 59.7 Å². The van der Waals surface area contributed by atoms with Crippen molar-refractivity contribution in [1.29, 1.82) is 0 Å². The molecule has 3 rings (SSSR count). The van der Waals surface area contributed by atoms with Gasteiger partial charge >= 0.3 is 0 Å². The third-order valence-corrected chi connectivity index (χ3v) is 5.71. The molecule has 31 heavy (non-hydrogen) atoms. The molecule has 1 aromatic heterocycles. The topological polar surface area (TPSA) is 80.5 Å². The summed E-state index contributed by atoms with van der Waals surface area (Å²) in [6.45, 7) is 10.2. The Bertz CT molecular complexity index is 631. The molecule has 1 unspecified atom stereocenters. The summed E-state index contributed by atoms with van der Waals surface area (Å²) in [5.74, 6) is 3.38. The summed E-state index contributed by atoms with van der Waals surface area (Å²) in [5, 5.41) is 6.85. The Hall–Kier alpha value is -0.880. The molecule has 2 N–H and O–H groups in total. The SMILES string of the molecule is CN=C(NCCCOCC1CCOCC1)NCC(c1ccc(C)o1)N1CCOCC1.I. The quantitative estimate of drug-likeness (QED) is 0.201. The largest absolute Gasteiger partial charge is 0.465 e. The van der Waals surface area contributed by atoms with Crippen molar-refractivity contribution in [1.82, 2.24) is 15.5 Å². The first kappa shape index (κ1) is 26.4. The van der Waals surface area contributed by atoms with E-state index < -0.39 is 0 Å². The van der Waals surface area contributed by atoms with E-state index in [0.29, 0.717) is 5.92 Å². The molecule has 0 spiro atoms. The van der Waals surface area contributed by atoms with Crippen LogP contribution in [0.3, 0.4) is 0 Å². The van der Waals surface area contributed by atoms with Gasteiger partial charge in [0.2, 0.25) is 0 Å². The highest BCUT2D eigenvalue weighted by atomic mass is 127. The maximum absolute atomic E-state index is 5.93. The molecule has 9 heteroatoms. The Balaban J connectivity index is 0.00000341.